The van der Waals surface area contributed by atoms with Crippen LogP contribution in [-0.4, -0.2) is 58.3 Å². The van der Waals surface area contributed by atoms with Crippen LogP contribution in [0.3, 0.4) is 0 Å². The molecule has 3 unspecified atom stereocenters. The molecule has 5 atom stereocenters. The molecule has 0 aliphatic heterocycles. The molecule has 0 saturated heterocycles. The molecule has 2 saturated carbocycles. The zero-order chi connectivity index (χ0) is 33.1. The Balaban J connectivity index is 1.48. The topological polar surface area (TPSA) is 160 Å². The fourth-order valence-corrected chi connectivity index (χ4v) is 9.58. The molecule has 1 aromatic carbocycles. The van der Waals surface area contributed by atoms with Gasteiger partial charge in [0.2, 0.25) is 5.89 Å². The van der Waals surface area contributed by atoms with E-state index in [1.807, 2.05) is 18.2 Å². The number of rotatable bonds is 10. The summed E-state index contributed by atoms with van der Waals surface area (Å²) in [7, 11) is -1.57. The summed E-state index contributed by atoms with van der Waals surface area (Å²) in [5.41, 5.74) is -2.15. The Morgan fingerprint density at radius 3 is 2.43 bits per heavy atom. The molecule has 0 amide bonds. The Labute approximate surface area is 269 Å². The van der Waals surface area contributed by atoms with Crippen molar-refractivity contribution in [3.05, 3.63) is 68.7 Å². The molecule has 246 valence electrons. The van der Waals surface area contributed by atoms with E-state index in [1.165, 1.54) is 48.5 Å². The first kappa shape index (κ1) is 32.2. The SMILES string of the molecule is COc1ccccc1C(Cn1c(=O)n(C(C)(C)C(=O)O)c(=O)c2c(C)c(-c3ncco3)sc21)OC1C[C@@H]2CC(S(C)(=O)=O)C[C@@H]2C1. The second kappa shape index (κ2) is 11.8. The number of aromatic nitrogens is 3. The average Bonchev–Trinajstić information content (AvgIpc) is 3.78. The van der Waals surface area contributed by atoms with Crippen LogP contribution >= 0.6 is 11.3 Å². The number of carboxylic acids is 1. The molecule has 4 aromatic rings. The van der Waals surface area contributed by atoms with E-state index in [-0.39, 0.29) is 41.0 Å². The van der Waals surface area contributed by atoms with E-state index in [1.54, 1.807) is 20.1 Å². The minimum absolute atomic E-state index is 0.0472. The molecule has 0 radical (unpaired) electrons. The average molecular weight is 672 g/mol. The zero-order valence-electron chi connectivity index (χ0n) is 26.3. The molecule has 14 heteroatoms. The lowest BCUT2D eigenvalue weighted by Crippen LogP contribution is -2.52. The summed E-state index contributed by atoms with van der Waals surface area (Å²) in [6.07, 6.45) is 5.86. The predicted molar refractivity (Wildman–Crippen MR) is 172 cm³/mol. The first-order chi connectivity index (χ1) is 21.7. The van der Waals surface area contributed by atoms with Crippen molar-refractivity contribution in [2.45, 2.75) is 76.0 Å². The van der Waals surface area contributed by atoms with Crippen LogP contribution in [0.1, 0.15) is 56.8 Å². The molecule has 3 heterocycles. The van der Waals surface area contributed by atoms with Gasteiger partial charge < -0.3 is 19.0 Å². The molecule has 2 aliphatic rings. The van der Waals surface area contributed by atoms with Crippen molar-refractivity contribution in [2.75, 3.05) is 13.4 Å². The van der Waals surface area contributed by atoms with Gasteiger partial charge in [-0.1, -0.05) is 18.2 Å². The van der Waals surface area contributed by atoms with Crippen LogP contribution in [0.2, 0.25) is 0 Å². The van der Waals surface area contributed by atoms with Gasteiger partial charge in [0.15, 0.2) is 0 Å². The molecule has 2 aliphatic carbocycles. The lowest BCUT2D eigenvalue weighted by molar-refractivity contribution is -0.146. The molecular weight excluding hydrogens is 634 g/mol. The monoisotopic (exact) mass is 671 g/mol. The number of carbonyl (C=O) groups is 1. The molecule has 0 spiro atoms. The van der Waals surface area contributed by atoms with E-state index in [0.717, 1.165) is 4.57 Å². The minimum atomic E-state index is -3.12. The highest BCUT2D eigenvalue weighted by atomic mass is 32.2. The van der Waals surface area contributed by atoms with Gasteiger partial charge in [0.25, 0.3) is 5.56 Å². The second-order valence-corrected chi connectivity index (χ2v) is 16.2. The highest BCUT2D eigenvalue weighted by molar-refractivity contribution is 7.91. The standard InChI is InChI=1S/C32H37N3O9S2/c1-17-25-28(36)35(32(2,3)30(37)38)31(39)34(29(25)45-26(17)27-33-10-11-43-27)16-24(22-8-6-7-9-23(22)42-4)44-20-12-18-14-21(46(5,40)41)15-19(18)13-20/h6-11,18-21,24H,12-16H2,1-5H3,(H,37,38)/t18-,19+,20?,21?,24?. The summed E-state index contributed by atoms with van der Waals surface area (Å²) in [6.45, 7) is 4.32. The smallest absolute Gasteiger partial charge is 0.333 e. The maximum Gasteiger partial charge on any atom is 0.333 e. The van der Waals surface area contributed by atoms with E-state index < -0.39 is 38.7 Å². The minimum Gasteiger partial charge on any atom is -0.496 e. The number of fused-ring (bicyclic) bond motifs is 2. The highest BCUT2D eigenvalue weighted by Crippen LogP contribution is 2.48. The molecule has 1 N–H and O–H groups in total. The third-order valence-corrected chi connectivity index (χ3v) is 12.5. The predicted octanol–water partition coefficient (Wildman–Crippen LogP) is 4.38. The number of benzene rings is 1. The number of aryl methyl sites for hydroxylation is 1. The maximum absolute atomic E-state index is 14.3. The summed E-state index contributed by atoms with van der Waals surface area (Å²) in [4.78, 5) is 45.8. The number of aliphatic carboxylic acids is 1. The highest BCUT2D eigenvalue weighted by Gasteiger charge is 2.46. The van der Waals surface area contributed by atoms with Crippen LogP contribution in [-0.2, 0) is 31.5 Å². The fourth-order valence-electron chi connectivity index (χ4n) is 7.15. The van der Waals surface area contributed by atoms with Crippen molar-refractivity contribution < 1.29 is 32.2 Å². The van der Waals surface area contributed by atoms with Gasteiger partial charge in [-0.3, -0.25) is 9.36 Å². The molecule has 46 heavy (non-hydrogen) atoms. The lowest BCUT2D eigenvalue weighted by Gasteiger charge is -2.27. The van der Waals surface area contributed by atoms with Crippen LogP contribution in [0, 0.1) is 18.8 Å². The van der Waals surface area contributed by atoms with Gasteiger partial charge in [0.05, 0.1) is 41.5 Å². The Kier molecular flexibility index (Phi) is 8.26. The number of carboxylic acid groups (broad SMARTS) is 1. The quantitative estimate of drug-likeness (QED) is 0.256. The van der Waals surface area contributed by atoms with Crippen molar-refractivity contribution in [2.24, 2.45) is 11.8 Å². The summed E-state index contributed by atoms with van der Waals surface area (Å²) < 4.78 is 44.7. The zero-order valence-corrected chi connectivity index (χ0v) is 27.9. The molecule has 2 fully saturated rings. The maximum atomic E-state index is 14.3. The number of sulfone groups is 1. The Morgan fingerprint density at radius 1 is 1.17 bits per heavy atom. The fraction of sp³-hybridized carbons (Fsp3) is 0.500. The normalized spacial score (nSPS) is 22.3. The van der Waals surface area contributed by atoms with Crippen molar-refractivity contribution in [1.29, 1.82) is 0 Å². The number of nitrogens with zero attached hydrogens (tertiary/aromatic N) is 3. The van der Waals surface area contributed by atoms with E-state index in [0.29, 0.717) is 52.3 Å². The van der Waals surface area contributed by atoms with E-state index in [4.69, 9.17) is 13.9 Å². The number of oxazole rings is 1. The van der Waals surface area contributed by atoms with Crippen LogP contribution in [0.25, 0.3) is 21.0 Å². The molecular formula is C32H37N3O9S2. The Bertz CT molecular complexity index is 2010. The number of hydrogen-bond acceptors (Lipinski definition) is 10. The van der Waals surface area contributed by atoms with Crippen molar-refractivity contribution in [3.8, 4) is 16.5 Å². The Morgan fingerprint density at radius 2 is 1.85 bits per heavy atom. The largest absolute Gasteiger partial charge is 0.496 e. The number of thiophene rings is 1. The van der Waals surface area contributed by atoms with E-state index in [2.05, 4.69) is 4.98 Å². The van der Waals surface area contributed by atoms with Crippen LogP contribution in [0.5, 0.6) is 5.75 Å². The van der Waals surface area contributed by atoms with Crippen molar-refractivity contribution >= 4 is 37.4 Å². The van der Waals surface area contributed by atoms with Crippen molar-refractivity contribution in [1.82, 2.24) is 14.1 Å². The molecule has 12 nitrogen and oxygen atoms in total. The van der Waals surface area contributed by atoms with Gasteiger partial charge in [-0.2, -0.15) is 0 Å². The van der Waals surface area contributed by atoms with Gasteiger partial charge in [-0.15, -0.1) is 11.3 Å². The second-order valence-electron chi connectivity index (χ2n) is 12.9. The Hall–Kier alpha value is -3.75. The van der Waals surface area contributed by atoms with Crippen LogP contribution in [0.4, 0.5) is 0 Å². The number of ether oxygens (including phenoxy) is 2. The van der Waals surface area contributed by atoms with Crippen LogP contribution in [0.15, 0.2) is 50.7 Å². The molecule has 0 bridgehead atoms. The third kappa shape index (κ3) is 5.49. The van der Waals surface area contributed by atoms with Crippen LogP contribution < -0.4 is 16.0 Å². The van der Waals surface area contributed by atoms with Gasteiger partial charge in [-0.25, -0.2) is 27.6 Å². The number of hydrogen-bond donors (Lipinski definition) is 1. The first-order valence-corrected chi connectivity index (χ1v) is 17.9. The summed E-state index contributed by atoms with van der Waals surface area (Å²) >= 11 is 1.17. The first-order valence-electron chi connectivity index (χ1n) is 15.1. The lowest BCUT2D eigenvalue weighted by atomic mass is 10.0. The van der Waals surface area contributed by atoms with Gasteiger partial charge >= 0.3 is 11.7 Å². The number of methoxy groups -OCH3 is 1. The van der Waals surface area contributed by atoms with Crippen molar-refractivity contribution in [3.63, 3.8) is 0 Å². The third-order valence-electron chi connectivity index (χ3n) is 9.65. The summed E-state index contributed by atoms with van der Waals surface area (Å²) in [5, 5.41) is 9.96. The van der Waals surface area contributed by atoms with E-state index >= 15 is 0 Å². The number of para-hydroxylation sites is 1. The summed E-state index contributed by atoms with van der Waals surface area (Å²) in [5.74, 6) is -0.0587. The van der Waals surface area contributed by atoms with Gasteiger partial charge in [-0.05, 0) is 69.9 Å². The van der Waals surface area contributed by atoms with Gasteiger partial charge in [0, 0.05) is 11.8 Å². The van der Waals surface area contributed by atoms with Gasteiger partial charge in [0.1, 0.15) is 38.3 Å². The molecule has 3 aromatic heterocycles. The van der Waals surface area contributed by atoms with E-state index in [9.17, 15) is 27.9 Å². The summed E-state index contributed by atoms with van der Waals surface area (Å²) in [6, 6.07) is 7.33. The molecule has 6 rings (SSSR count).